The fraction of sp³-hybridized carbons (Fsp3) is 0.423. The highest BCUT2D eigenvalue weighted by Gasteiger charge is 2.17. The number of carbonyl (C=O) groups is 1. The molecule has 0 saturated carbocycles. The van der Waals surface area contributed by atoms with E-state index in [1.54, 1.807) is 19.1 Å². The van der Waals surface area contributed by atoms with Crippen molar-refractivity contribution >= 4 is 17.7 Å². The number of benzene rings is 2. The van der Waals surface area contributed by atoms with Gasteiger partial charge in [0.15, 0.2) is 11.5 Å². The summed E-state index contributed by atoms with van der Waals surface area (Å²) in [5.41, 5.74) is 2.42. The third-order valence-corrected chi connectivity index (χ3v) is 5.29. The number of carbonyl (C=O) groups excluding carboxylic acids is 1. The molecule has 0 aliphatic carbocycles. The van der Waals surface area contributed by atoms with E-state index in [0.717, 1.165) is 17.8 Å². The molecule has 0 spiro atoms. The van der Waals surface area contributed by atoms with Gasteiger partial charge in [0.2, 0.25) is 0 Å². The number of hydrogen-bond donors (Lipinski definition) is 0. The van der Waals surface area contributed by atoms with Crippen LogP contribution >= 0.6 is 0 Å². The number of nitrogens with zero attached hydrogens (tertiary/aromatic N) is 2. The van der Waals surface area contributed by atoms with Gasteiger partial charge < -0.3 is 14.4 Å². The molecular formula is C26H36N2O3. The third kappa shape index (κ3) is 6.86. The second kappa shape index (κ2) is 11.6. The van der Waals surface area contributed by atoms with Gasteiger partial charge in [-0.1, -0.05) is 30.3 Å². The second-order valence-electron chi connectivity index (χ2n) is 8.21. The highest BCUT2D eigenvalue weighted by atomic mass is 16.5. The second-order valence-corrected chi connectivity index (χ2v) is 8.21. The molecule has 168 valence electrons. The fourth-order valence-corrected chi connectivity index (χ4v) is 3.60. The van der Waals surface area contributed by atoms with Gasteiger partial charge in [-0.25, -0.2) is 0 Å². The van der Waals surface area contributed by atoms with E-state index >= 15 is 0 Å². The summed E-state index contributed by atoms with van der Waals surface area (Å²) in [7, 11) is 3.40. The van der Waals surface area contributed by atoms with E-state index in [-0.39, 0.29) is 5.91 Å². The molecule has 0 unspecified atom stereocenters. The molecule has 31 heavy (non-hydrogen) atoms. The van der Waals surface area contributed by atoms with Gasteiger partial charge in [-0.2, -0.15) is 0 Å². The maximum absolute atomic E-state index is 12.9. The van der Waals surface area contributed by atoms with E-state index in [2.05, 4.69) is 32.6 Å². The van der Waals surface area contributed by atoms with Gasteiger partial charge in [0.1, 0.15) is 6.61 Å². The number of amides is 1. The predicted molar refractivity (Wildman–Crippen MR) is 129 cm³/mol. The quantitative estimate of drug-likeness (QED) is 0.488. The lowest BCUT2D eigenvalue weighted by molar-refractivity contribution is -0.114. The van der Waals surface area contributed by atoms with Gasteiger partial charge in [0.25, 0.3) is 5.91 Å². The minimum Gasteiger partial charge on any atom is -0.493 e. The van der Waals surface area contributed by atoms with E-state index in [1.807, 2.05) is 61.5 Å². The molecule has 0 atom stereocenters. The van der Waals surface area contributed by atoms with Crippen LogP contribution in [-0.4, -0.2) is 50.2 Å². The van der Waals surface area contributed by atoms with E-state index < -0.39 is 0 Å². The zero-order valence-corrected chi connectivity index (χ0v) is 19.9. The Morgan fingerprint density at radius 2 is 1.65 bits per heavy atom. The highest BCUT2D eigenvalue weighted by Crippen LogP contribution is 2.32. The molecule has 5 nitrogen and oxygen atoms in total. The normalized spacial score (nSPS) is 11.9. The van der Waals surface area contributed by atoms with Crippen LogP contribution in [0.15, 0.2) is 54.1 Å². The van der Waals surface area contributed by atoms with E-state index in [9.17, 15) is 4.79 Å². The Bertz CT molecular complexity index is 867. The highest BCUT2D eigenvalue weighted by molar-refractivity contribution is 6.07. The van der Waals surface area contributed by atoms with Crippen LogP contribution < -0.4 is 14.4 Å². The molecule has 0 heterocycles. The van der Waals surface area contributed by atoms with Gasteiger partial charge in [-0.3, -0.25) is 9.69 Å². The number of rotatable bonds is 10. The molecule has 5 heteroatoms. The van der Waals surface area contributed by atoms with Gasteiger partial charge in [-0.15, -0.1) is 0 Å². The Kier molecular flexibility index (Phi) is 9.13. The molecule has 2 aromatic carbocycles. The number of hydrogen-bond acceptors (Lipinski definition) is 4. The van der Waals surface area contributed by atoms with Gasteiger partial charge in [-0.05, 0) is 58.4 Å². The van der Waals surface area contributed by atoms with E-state index in [0.29, 0.717) is 35.8 Å². The minimum absolute atomic E-state index is 0.0641. The van der Waals surface area contributed by atoms with Crippen LogP contribution in [0, 0.1) is 0 Å². The van der Waals surface area contributed by atoms with Crippen molar-refractivity contribution in [3.8, 4) is 11.5 Å². The molecular weight excluding hydrogens is 388 g/mol. The Balaban J connectivity index is 2.14. The molecule has 2 rings (SSSR count). The molecule has 1 amide bonds. The number of anilines is 1. The zero-order valence-electron chi connectivity index (χ0n) is 19.9. The number of methoxy groups -OCH3 is 1. The van der Waals surface area contributed by atoms with Crippen LogP contribution in [0.1, 0.15) is 40.2 Å². The summed E-state index contributed by atoms with van der Waals surface area (Å²) >= 11 is 0. The lowest BCUT2D eigenvalue weighted by Gasteiger charge is -2.30. The van der Waals surface area contributed by atoms with E-state index in [4.69, 9.17) is 9.47 Å². The van der Waals surface area contributed by atoms with Crippen LogP contribution in [-0.2, 0) is 4.79 Å². The molecule has 0 aliphatic heterocycles. The third-order valence-electron chi connectivity index (χ3n) is 5.29. The Morgan fingerprint density at radius 1 is 1.00 bits per heavy atom. The van der Waals surface area contributed by atoms with Crippen LogP contribution in [0.4, 0.5) is 5.69 Å². The maximum atomic E-state index is 12.9. The van der Waals surface area contributed by atoms with Gasteiger partial charge in [0.05, 0.1) is 7.11 Å². The molecule has 0 fully saturated rings. The van der Waals surface area contributed by atoms with Crippen LogP contribution in [0.2, 0.25) is 0 Å². The Morgan fingerprint density at radius 3 is 2.23 bits per heavy atom. The van der Waals surface area contributed by atoms with Crippen molar-refractivity contribution in [2.45, 2.75) is 46.7 Å². The van der Waals surface area contributed by atoms with Gasteiger partial charge >= 0.3 is 0 Å². The molecule has 2 aromatic rings. The summed E-state index contributed by atoms with van der Waals surface area (Å²) in [6.45, 7) is 11.9. The van der Waals surface area contributed by atoms with Crippen molar-refractivity contribution in [3.05, 3.63) is 59.7 Å². The Labute approximate surface area is 187 Å². The lowest BCUT2D eigenvalue weighted by atomic mass is 10.1. The smallest absolute Gasteiger partial charge is 0.253 e. The first kappa shape index (κ1) is 24.5. The molecule has 0 N–H and O–H groups in total. The first-order valence-corrected chi connectivity index (χ1v) is 10.8. The fourth-order valence-electron chi connectivity index (χ4n) is 3.60. The van der Waals surface area contributed by atoms with Crippen molar-refractivity contribution in [3.63, 3.8) is 0 Å². The average molecular weight is 425 g/mol. The molecule has 0 radical (unpaired) electrons. The number of likely N-dealkylation sites (N-methyl/N-ethyl adjacent to an activating group) is 1. The zero-order chi connectivity index (χ0) is 23.0. The van der Waals surface area contributed by atoms with Crippen LogP contribution in [0.25, 0.3) is 6.08 Å². The van der Waals surface area contributed by atoms with E-state index in [1.165, 1.54) is 0 Å². The summed E-state index contributed by atoms with van der Waals surface area (Å²) in [6.07, 6.45) is 1.90. The average Bonchev–Trinajstić information content (AvgIpc) is 2.75. The molecule has 0 aliphatic rings. The molecule has 0 aromatic heterocycles. The first-order chi connectivity index (χ1) is 14.7. The summed E-state index contributed by atoms with van der Waals surface area (Å²) in [4.78, 5) is 17.0. The topological polar surface area (TPSA) is 42.0 Å². The predicted octanol–water partition coefficient (Wildman–Crippen LogP) is 5.26. The first-order valence-electron chi connectivity index (χ1n) is 10.8. The standard InChI is InChI=1S/C26H36N2O3/c1-19(2)28(20(3)4)15-16-31-25-18-23(13-14-24(25)30-7)27(6)26(29)21(5)17-22-11-9-8-10-12-22/h8-14,17-20H,15-16H2,1-7H3. The van der Waals surface area contributed by atoms with Crippen LogP contribution in [0.3, 0.4) is 0 Å². The minimum atomic E-state index is -0.0641. The van der Waals surface area contributed by atoms with Crippen molar-refractivity contribution in [1.82, 2.24) is 4.90 Å². The van der Waals surface area contributed by atoms with Gasteiger partial charge in [0, 0.05) is 43.0 Å². The largest absolute Gasteiger partial charge is 0.493 e. The molecule has 0 saturated heterocycles. The molecule has 0 bridgehead atoms. The van der Waals surface area contributed by atoms with Crippen molar-refractivity contribution in [1.29, 1.82) is 0 Å². The van der Waals surface area contributed by atoms with Crippen molar-refractivity contribution in [2.24, 2.45) is 0 Å². The van der Waals surface area contributed by atoms with Crippen molar-refractivity contribution in [2.75, 3.05) is 32.2 Å². The summed E-state index contributed by atoms with van der Waals surface area (Å²) < 4.78 is 11.5. The Hall–Kier alpha value is -2.79. The summed E-state index contributed by atoms with van der Waals surface area (Å²) in [5.74, 6) is 1.23. The summed E-state index contributed by atoms with van der Waals surface area (Å²) in [5, 5.41) is 0. The monoisotopic (exact) mass is 424 g/mol. The summed E-state index contributed by atoms with van der Waals surface area (Å²) in [6, 6.07) is 16.3. The maximum Gasteiger partial charge on any atom is 0.253 e. The SMILES string of the molecule is COc1ccc(N(C)C(=O)C(C)=Cc2ccccc2)cc1OCCN(C(C)C)C(C)C. The van der Waals surface area contributed by atoms with Crippen LogP contribution in [0.5, 0.6) is 11.5 Å². The number of ether oxygens (including phenoxy) is 2. The van der Waals surface area contributed by atoms with Crippen molar-refractivity contribution < 1.29 is 14.3 Å². The lowest BCUT2D eigenvalue weighted by Crippen LogP contribution is -2.39.